The number of benzene rings is 1. The van der Waals surface area contributed by atoms with Crippen molar-refractivity contribution in [2.24, 2.45) is 11.7 Å². The van der Waals surface area contributed by atoms with Crippen LogP contribution in [0.4, 0.5) is 5.00 Å². The Morgan fingerprint density at radius 1 is 1.38 bits per heavy atom. The van der Waals surface area contributed by atoms with Crippen molar-refractivity contribution in [3.63, 3.8) is 0 Å². The molecule has 0 aliphatic heterocycles. The standard InChI is InChI=1S/C18H20N2O2S2/c1-10-6-7-13-14(8-10)24-18(15(13)16(19)21)20-17(22)11-4-3-5-12(9-11)23-2/h3-5,9-10H,6-8H2,1-2H3,(H2,19,21)(H,20,22). The predicted molar refractivity (Wildman–Crippen MR) is 100 cm³/mol. The van der Waals surface area contributed by atoms with Crippen LogP contribution in [0.1, 0.15) is 44.5 Å². The number of rotatable bonds is 4. The fourth-order valence-electron chi connectivity index (χ4n) is 3.04. The first kappa shape index (κ1) is 17.0. The third-order valence-corrected chi connectivity index (χ3v) is 6.21. The Kier molecular flexibility index (Phi) is 4.96. The molecule has 2 aromatic rings. The second-order valence-electron chi connectivity index (χ2n) is 6.11. The zero-order chi connectivity index (χ0) is 17.3. The van der Waals surface area contributed by atoms with Crippen molar-refractivity contribution in [3.05, 3.63) is 45.8 Å². The van der Waals surface area contributed by atoms with Crippen LogP contribution < -0.4 is 11.1 Å². The van der Waals surface area contributed by atoms with Crippen LogP contribution in [-0.2, 0) is 12.8 Å². The number of carbonyl (C=O) groups is 2. The number of primary amides is 1. The molecule has 1 aromatic carbocycles. The van der Waals surface area contributed by atoms with Gasteiger partial charge in [-0.05, 0) is 55.2 Å². The highest BCUT2D eigenvalue weighted by Crippen LogP contribution is 2.39. The summed E-state index contributed by atoms with van der Waals surface area (Å²) in [7, 11) is 0. The fourth-order valence-corrected chi connectivity index (χ4v) is 4.91. The number of hydrogen-bond donors (Lipinski definition) is 2. The minimum Gasteiger partial charge on any atom is -0.365 e. The van der Waals surface area contributed by atoms with E-state index in [1.165, 1.54) is 16.2 Å². The van der Waals surface area contributed by atoms with Crippen molar-refractivity contribution >= 4 is 39.9 Å². The van der Waals surface area contributed by atoms with Gasteiger partial charge in [-0.1, -0.05) is 13.0 Å². The van der Waals surface area contributed by atoms with Gasteiger partial charge in [0, 0.05) is 15.3 Å². The fraction of sp³-hybridized carbons (Fsp3) is 0.333. The summed E-state index contributed by atoms with van der Waals surface area (Å²) in [5.74, 6) is -0.0750. The lowest BCUT2D eigenvalue weighted by molar-refractivity contribution is 0.1000. The van der Waals surface area contributed by atoms with Crippen LogP contribution in [0.5, 0.6) is 0 Å². The maximum Gasteiger partial charge on any atom is 0.256 e. The Bertz CT molecular complexity index is 798. The number of thioether (sulfide) groups is 1. The molecule has 1 unspecified atom stereocenters. The van der Waals surface area contributed by atoms with Crippen molar-refractivity contribution in [3.8, 4) is 0 Å². The van der Waals surface area contributed by atoms with Gasteiger partial charge in [-0.3, -0.25) is 9.59 Å². The molecule has 0 radical (unpaired) electrons. The van der Waals surface area contributed by atoms with E-state index in [9.17, 15) is 9.59 Å². The molecule has 6 heteroatoms. The Morgan fingerprint density at radius 3 is 2.88 bits per heavy atom. The minimum atomic E-state index is -0.463. The van der Waals surface area contributed by atoms with E-state index in [4.69, 9.17) is 5.73 Å². The van der Waals surface area contributed by atoms with E-state index in [1.54, 1.807) is 17.8 Å². The Balaban J connectivity index is 1.92. The second kappa shape index (κ2) is 6.99. The van der Waals surface area contributed by atoms with Crippen molar-refractivity contribution in [1.82, 2.24) is 0 Å². The number of carbonyl (C=O) groups excluding carboxylic acids is 2. The summed E-state index contributed by atoms with van der Waals surface area (Å²) < 4.78 is 0. The molecule has 1 aliphatic rings. The van der Waals surface area contributed by atoms with Crippen LogP contribution in [0.2, 0.25) is 0 Å². The first-order valence-corrected chi connectivity index (χ1v) is 9.93. The van der Waals surface area contributed by atoms with Crippen LogP contribution in [0.3, 0.4) is 0 Å². The molecule has 126 valence electrons. The number of anilines is 1. The Morgan fingerprint density at radius 2 is 2.17 bits per heavy atom. The molecule has 24 heavy (non-hydrogen) atoms. The molecule has 0 saturated heterocycles. The molecule has 2 amide bonds. The third kappa shape index (κ3) is 3.35. The Labute approximate surface area is 149 Å². The molecular formula is C18H20N2O2S2. The summed E-state index contributed by atoms with van der Waals surface area (Å²) in [5, 5.41) is 3.49. The van der Waals surface area contributed by atoms with Gasteiger partial charge in [0.05, 0.1) is 5.56 Å². The number of hydrogen-bond acceptors (Lipinski definition) is 4. The molecule has 1 atom stereocenters. The zero-order valence-electron chi connectivity index (χ0n) is 13.7. The summed E-state index contributed by atoms with van der Waals surface area (Å²) in [6.45, 7) is 2.21. The number of nitrogens with one attached hydrogen (secondary N) is 1. The molecule has 3 rings (SSSR count). The smallest absolute Gasteiger partial charge is 0.256 e. The van der Waals surface area contributed by atoms with Crippen LogP contribution in [0.25, 0.3) is 0 Å². The number of fused-ring (bicyclic) bond motifs is 1. The lowest BCUT2D eigenvalue weighted by Crippen LogP contribution is -2.19. The van der Waals surface area contributed by atoms with Gasteiger partial charge in [0.2, 0.25) is 0 Å². The van der Waals surface area contributed by atoms with Crippen LogP contribution in [0.15, 0.2) is 29.2 Å². The van der Waals surface area contributed by atoms with Gasteiger partial charge in [-0.15, -0.1) is 23.1 Å². The van der Waals surface area contributed by atoms with E-state index in [2.05, 4.69) is 12.2 Å². The zero-order valence-corrected chi connectivity index (χ0v) is 15.4. The van der Waals surface area contributed by atoms with Gasteiger partial charge in [-0.2, -0.15) is 0 Å². The van der Waals surface area contributed by atoms with E-state index >= 15 is 0 Å². The van der Waals surface area contributed by atoms with Gasteiger partial charge in [0.25, 0.3) is 11.8 Å². The second-order valence-corrected chi connectivity index (χ2v) is 8.09. The quantitative estimate of drug-likeness (QED) is 0.811. The monoisotopic (exact) mass is 360 g/mol. The topological polar surface area (TPSA) is 72.2 Å². The summed E-state index contributed by atoms with van der Waals surface area (Å²) in [4.78, 5) is 26.7. The lowest BCUT2D eigenvalue weighted by Gasteiger charge is -2.18. The molecule has 0 saturated carbocycles. The van der Waals surface area contributed by atoms with Gasteiger partial charge in [0.1, 0.15) is 5.00 Å². The molecule has 1 aromatic heterocycles. The first-order valence-electron chi connectivity index (χ1n) is 7.89. The van der Waals surface area contributed by atoms with Crippen molar-refractivity contribution in [2.45, 2.75) is 31.1 Å². The third-order valence-electron chi connectivity index (χ3n) is 4.32. The van der Waals surface area contributed by atoms with Crippen LogP contribution in [-0.4, -0.2) is 18.1 Å². The maximum absolute atomic E-state index is 12.6. The summed E-state index contributed by atoms with van der Waals surface area (Å²) in [6, 6.07) is 7.44. The Hall–Kier alpha value is -1.79. The van der Waals surface area contributed by atoms with Crippen molar-refractivity contribution in [1.29, 1.82) is 0 Å². The lowest BCUT2D eigenvalue weighted by atomic mass is 9.88. The average molecular weight is 361 g/mol. The largest absolute Gasteiger partial charge is 0.365 e. The van der Waals surface area contributed by atoms with E-state index in [0.29, 0.717) is 22.0 Å². The maximum atomic E-state index is 12.6. The first-order chi connectivity index (χ1) is 11.5. The predicted octanol–water partition coefficient (Wildman–Crippen LogP) is 3.95. The number of nitrogens with two attached hydrogens (primary N) is 1. The average Bonchev–Trinajstić information content (AvgIpc) is 2.91. The molecule has 0 fully saturated rings. The summed E-state index contributed by atoms with van der Waals surface area (Å²) in [5.41, 5.74) is 7.69. The number of thiophene rings is 1. The molecule has 0 spiro atoms. The van der Waals surface area contributed by atoms with Crippen LogP contribution >= 0.6 is 23.1 Å². The molecule has 1 aliphatic carbocycles. The minimum absolute atomic E-state index is 0.208. The van der Waals surface area contributed by atoms with Gasteiger partial charge in [0.15, 0.2) is 0 Å². The van der Waals surface area contributed by atoms with Gasteiger partial charge in [-0.25, -0.2) is 0 Å². The normalized spacial score (nSPS) is 16.5. The van der Waals surface area contributed by atoms with E-state index in [1.807, 2.05) is 24.5 Å². The highest BCUT2D eigenvalue weighted by Gasteiger charge is 2.27. The highest BCUT2D eigenvalue weighted by molar-refractivity contribution is 7.98. The summed E-state index contributed by atoms with van der Waals surface area (Å²) in [6.07, 6.45) is 4.81. The van der Waals surface area contributed by atoms with E-state index in [-0.39, 0.29) is 5.91 Å². The SMILES string of the molecule is CSc1cccc(C(=O)Nc2sc3c(c2C(N)=O)CCC(C)C3)c1. The highest BCUT2D eigenvalue weighted by atomic mass is 32.2. The molecule has 4 nitrogen and oxygen atoms in total. The molecular weight excluding hydrogens is 340 g/mol. The van der Waals surface area contributed by atoms with E-state index in [0.717, 1.165) is 29.7 Å². The van der Waals surface area contributed by atoms with Gasteiger partial charge < -0.3 is 11.1 Å². The van der Waals surface area contributed by atoms with E-state index < -0.39 is 5.91 Å². The number of amides is 2. The molecule has 0 bridgehead atoms. The molecule has 1 heterocycles. The van der Waals surface area contributed by atoms with Crippen molar-refractivity contribution in [2.75, 3.05) is 11.6 Å². The molecule has 3 N–H and O–H groups in total. The van der Waals surface area contributed by atoms with Crippen LogP contribution in [0, 0.1) is 5.92 Å². The van der Waals surface area contributed by atoms with Crippen molar-refractivity contribution < 1.29 is 9.59 Å². The van der Waals surface area contributed by atoms with Gasteiger partial charge >= 0.3 is 0 Å². The summed E-state index contributed by atoms with van der Waals surface area (Å²) >= 11 is 3.07.